The molecule has 2 aromatic carbocycles. The SMILES string of the molecule is O=C(COc1ccc2c(c1)CCC(=O)N2)NCC1COc2ccccc2O1. The number of ether oxygens (including phenoxy) is 3. The summed E-state index contributed by atoms with van der Waals surface area (Å²) in [5, 5.41) is 5.61. The average Bonchev–Trinajstić information content (AvgIpc) is 2.70. The standard InChI is InChI=1S/C20H20N2O5/c23-19-8-5-13-9-14(6-7-16(13)22-19)25-12-20(24)21-10-15-11-26-17-3-1-2-4-18(17)27-15/h1-4,6-7,9,15H,5,8,10-12H2,(H,21,24)(H,22,23). The topological polar surface area (TPSA) is 85.9 Å². The van der Waals surface area contributed by atoms with E-state index < -0.39 is 0 Å². The molecule has 0 saturated carbocycles. The van der Waals surface area contributed by atoms with Gasteiger partial charge in [0.2, 0.25) is 5.91 Å². The van der Waals surface area contributed by atoms with Crippen LogP contribution in [-0.4, -0.2) is 37.7 Å². The van der Waals surface area contributed by atoms with E-state index in [1.165, 1.54) is 0 Å². The monoisotopic (exact) mass is 368 g/mol. The normalized spacial score (nSPS) is 17.5. The lowest BCUT2D eigenvalue weighted by atomic mass is 10.0. The fraction of sp³-hybridized carbons (Fsp3) is 0.300. The Kier molecular flexibility index (Phi) is 4.82. The van der Waals surface area contributed by atoms with Crippen LogP contribution in [0.25, 0.3) is 0 Å². The van der Waals surface area contributed by atoms with Crippen molar-refractivity contribution in [3.8, 4) is 17.2 Å². The fourth-order valence-corrected chi connectivity index (χ4v) is 3.04. The van der Waals surface area contributed by atoms with Crippen LogP contribution in [0.4, 0.5) is 5.69 Å². The van der Waals surface area contributed by atoms with Crippen molar-refractivity contribution in [1.29, 1.82) is 0 Å². The number of fused-ring (bicyclic) bond motifs is 2. The minimum atomic E-state index is -0.240. The highest BCUT2D eigenvalue weighted by Crippen LogP contribution is 2.30. The number of benzene rings is 2. The first kappa shape index (κ1) is 17.2. The highest BCUT2D eigenvalue weighted by Gasteiger charge is 2.21. The Balaban J connectivity index is 1.24. The van der Waals surface area contributed by atoms with Crippen molar-refractivity contribution in [2.45, 2.75) is 18.9 Å². The number of nitrogens with one attached hydrogen (secondary N) is 2. The van der Waals surface area contributed by atoms with Crippen LogP contribution in [0, 0.1) is 0 Å². The molecule has 0 spiro atoms. The summed E-state index contributed by atoms with van der Waals surface area (Å²) < 4.78 is 17.0. The molecule has 2 aromatic rings. The summed E-state index contributed by atoms with van der Waals surface area (Å²) in [5.41, 5.74) is 1.82. The van der Waals surface area contributed by atoms with Crippen molar-refractivity contribution in [2.24, 2.45) is 0 Å². The quantitative estimate of drug-likeness (QED) is 0.842. The van der Waals surface area contributed by atoms with Crippen LogP contribution in [0.15, 0.2) is 42.5 Å². The van der Waals surface area contributed by atoms with E-state index in [1.807, 2.05) is 30.3 Å². The molecule has 0 radical (unpaired) electrons. The van der Waals surface area contributed by atoms with Gasteiger partial charge in [0, 0.05) is 12.1 Å². The van der Waals surface area contributed by atoms with Gasteiger partial charge in [-0.1, -0.05) is 12.1 Å². The van der Waals surface area contributed by atoms with Crippen LogP contribution in [0.2, 0.25) is 0 Å². The summed E-state index contributed by atoms with van der Waals surface area (Å²) in [7, 11) is 0. The molecule has 2 amide bonds. The Labute approximate surface area is 156 Å². The summed E-state index contributed by atoms with van der Waals surface area (Å²) in [6.07, 6.45) is 0.894. The number of para-hydroxylation sites is 2. The second-order valence-corrected chi connectivity index (χ2v) is 6.46. The molecule has 2 N–H and O–H groups in total. The maximum Gasteiger partial charge on any atom is 0.258 e. The molecule has 0 aromatic heterocycles. The lowest BCUT2D eigenvalue weighted by molar-refractivity contribution is -0.123. The van der Waals surface area contributed by atoms with Gasteiger partial charge in [0.15, 0.2) is 18.1 Å². The highest BCUT2D eigenvalue weighted by molar-refractivity contribution is 5.94. The van der Waals surface area contributed by atoms with Gasteiger partial charge in [-0.2, -0.15) is 0 Å². The van der Waals surface area contributed by atoms with Crippen molar-refractivity contribution in [1.82, 2.24) is 5.32 Å². The summed E-state index contributed by atoms with van der Waals surface area (Å²) >= 11 is 0. The van der Waals surface area contributed by atoms with Crippen LogP contribution in [-0.2, 0) is 16.0 Å². The summed E-state index contributed by atoms with van der Waals surface area (Å²) in [6.45, 7) is 0.636. The second-order valence-electron chi connectivity index (χ2n) is 6.46. The van der Waals surface area contributed by atoms with Crippen molar-refractivity contribution in [3.63, 3.8) is 0 Å². The van der Waals surface area contributed by atoms with Gasteiger partial charge in [0.1, 0.15) is 18.5 Å². The molecule has 0 bridgehead atoms. The zero-order valence-corrected chi connectivity index (χ0v) is 14.7. The number of hydrogen-bond donors (Lipinski definition) is 2. The van der Waals surface area contributed by atoms with Crippen LogP contribution in [0.3, 0.4) is 0 Å². The first-order valence-corrected chi connectivity index (χ1v) is 8.88. The third-order valence-corrected chi connectivity index (χ3v) is 4.44. The predicted octanol–water partition coefficient (Wildman–Crippen LogP) is 1.91. The summed E-state index contributed by atoms with van der Waals surface area (Å²) in [6, 6.07) is 12.8. The van der Waals surface area contributed by atoms with E-state index in [-0.39, 0.29) is 24.5 Å². The van der Waals surface area contributed by atoms with Crippen LogP contribution in [0.1, 0.15) is 12.0 Å². The molecule has 0 saturated heterocycles. The first-order valence-electron chi connectivity index (χ1n) is 8.88. The molecule has 0 aliphatic carbocycles. The maximum absolute atomic E-state index is 12.0. The molecule has 0 fully saturated rings. The molecule has 4 rings (SSSR count). The lowest BCUT2D eigenvalue weighted by Crippen LogP contribution is -2.42. The Morgan fingerprint density at radius 1 is 1.19 bits per heavy atom. The van der Waals surface area contributed by atoms with Crippen LogP contribution in [0.5, 0.6) is 17.2 Å². The molecule has 2 aliphatic heterocycles. The van der Waals surface area contributed by atoms with E-state index in [0.29, 0.717) is 43.2 Å². The van der Waals surface area contributed by atoms with Crippen molar-refractivity contribution < 1.29 is 23.8 Å². The number of carbonyl (C=O) groups is 2. The number of amides is 2. The molecular formula is C20H20N2O5. The molecular weight excluding hydrogens is 348 g/mol. The number of rotatable bonds is 5. The van der Waals surface area contributed by atoms with Gasteiger partial charge in [-0.05, 0) is 42.3 Å². The number of anilines is 1. The largest absolute Gasteiger partial charge is 0.486 e. The van der Waals surface area contributed by atoms with E-state index in [0.717, 1.165) is 11.3 Å². The molecule has 1 unspecified atom stereocenters. The first-order chi connectivity index (χ1) is 13.2. The zero-order valence-electron chi connectivity index (χ0n) is 14.7. The molecule has 140 valence electrons. The number of aryl methyl sites for hydroxylation is 1. The molecule has 7 nitrogen and oxygen atoms in total. The summed E-state index contributed by atoms with van der Waals surface area (Å²) in [4.78, 5) is 23.4. The molecule has 2 heterocycles. The van der Waals surface area contributed by atoms with Gasteiger partial charge in [0.25, 0.3) is 5.91 Å². The summed E-state index contributed by atoms with van der Waals surface area (Å²) in [5.74, 6) is 1.79. The van der Waals surface area contributed by atoms with E-state index in [9.17, 15) is 9.59 Å². The van der Waals surface area contributed by atoms with E-state index >= 15 is 0 Å². The van der Waals surface area contributed by atoms with E-state index in [1.54, 1.807) is 12.1 Å². The Morgan fingerprint density at radius 2 is 2.04 bits per heavy atom. The maximum atomic E-state index is 12.0. The van der Waals surface area contributed by atoms with Gasteiger partial charge in [-0.3, -0.25) is 9.59 Å². The Bertz CT molecular complexity index is 867. The fourth-order valence-electron chi connectivity index (χ4n) is 3.04. The second kappa shape index (κ2) is 7.57. The Morgan fingerprint density at radius 3 is 2.93 bits per heavy atom. The molecule has 27 heavy (non-hydrogen) atoms. The lowest BCUT2D eigenvalue weighted by Gasteiger charge is -2.26. The van der Waals surface area contributed by atoms with E-state index in [2.05, 4.69) is 10.6 Å². The third kappa shape index (κ3) is 4.13. The molecule has 7 heteroatoms. The smallest absolute Gasteiger partial charge is 0.258 e. The predicted molar refractivity (Wildman–Crippen MR) is 98.3 cm³/mol. The minimum Gasteiger partial charge on any atom is -0.486 e. The van der Waals surface area contributed by atoms with Gasteiger partial charge in [0.05, 0.1) is 6.54 Å². The van der Waals surface area contributed by atoms with Gasteiger partial charge in [-0.25, -0.2) is 0 Å². The van der Waals surface area contributed by atoms with Crippen LogP contribution < -0.4 is 24.8 Å². The molecule has 1 atom stereocenters. The van der Waals surface area contributed by atoms with Gasteiger partial charge in [-0.15, -0.1) is 0 Å². The van der Waals surface area contributed by atoms with Gasteiger partial charge >= 0.3 is 0 Å². The third-order valence-electron chi connectivity index (χ3n) is 4.44. The van der Waals surface area contributed by atoms with Crippen molar-refractivity contribution in [3.05, 3.63) is 48.0 Å². The van der Waals surface area contributed by atoms with Crippen molar-refractivity contribution in [2.75, 3.05) is 25.1 Å². The van der Waals surface area contributed by atoms with Gasteiger partial charge < -0.3 is 24.8 Å². The van der Waals surface area contributed by atoms with Crippen molar-refractivity contribution >= 4 is 17.5 Å². The number of carbonyl (C=O) groups excluding carboxylic acids is 2. The van der Waals surface area contributed by atoms with Crippen LogP contribution >= 0.6 is 0 Å². The highest BCUT2D eigenvalue weighted by atomic mass is 16.6. The average molecular weight is 368 g/mol. The molecule has 2 aliphatic rings. The number of hydrogen-bond acceptors (Lipinski definition) is 5. The van der Waals surface area contributed by atoms with E-state index in [4.69, 9.17) is 14.2 Å². The Hall–Kier alpha value is -3.22. The zero-order chi connectivity index (χ0) is 18.6. The minimum absolute atomic E-state index is 0.0204.